The molecule has 3 rings (SSSR count). The molecule has 0 saturated heterocycles. The molecule has 1 aromatic heterocycles. The Kier molecular flexibility index (Phi) is 20.7. The van der Waals surface area contributed by atoms with Crippen molar-refractivity contribution >= 4 is 41.0 Å². The molecule has 2 amide bonds. The van der Waals surface area contributed by atoms with Crippen LogP contribution >= 0.6 is 11.6 Å². The third-order valence-electron chi connectivity index (χ3n) is 10.5. The average molecular weight is 871 g/mol. The number of hydrogen-bond donors (Lipinski definition) is 16. The van der Waals surface area contributed by atoms with E-state index in [1.54, 1.807) is 0 Å². The van der Waals surface area contributed by atoms with Crippen molar-refractivity contribution in [1.29, 1.82) is 5.41 Å². The molecule has 9 atom stereocenters. The van der Waals surface area contributed by atoms with E-state index in [2.05, 4.69) is 32.0 Å². The van der Waals surface area contributed by atoms with E-state index in [9.17, 15) is 50.4 Å². The Balaban J connectivity index is 1.57. The van der Waals surface area contributed by atoms with Gasteiger partial charge < -0.3 is 73.8 Å². The van der Waals surface area contributed by atoms with Gasteiger partial charge in [-0.25, -0.2) is 9.97 Å². The van der Waals surface area contributed by atoms with Crippen LogP contribution in [0.1, 0.15) is 71.8 Å². The number of halogens is 1. The summed E-state index contributed by atoms with van der Waals surface area (Å²) in [4.78, 5) is 34.2. The van der Waals surface area contributed by atoms with E-state index in [0.29, 0.717) is 25.8 Å². The highest BCUT2D eigenvalue weighted by molar-refractivity contribution is 6.31. The lowest BCUT2D eigenvalue weighted by Gasteiger charge is -2.33. The number of aliphatic hydroxyl groups excluding tert-OH is 9. The zero-order chi connectivity index (χ0) is 44.7. The predicted octanol–water partition coefficient (Wildman–Crippen LogP) is -3.97. The van der Waals surface area contributed by atoms with Crippen LogP contribution in [0.5, 0.6) is 0 Å². The predicted molar refractivity (Wildman–Crippen MR) is 222 cm³/mol. The van der Waals surface area contributed by atoms with Crippen LogP contribution in [-0.4, -0.2) is 173 Å². The Labute approximate surface area is 353 Å². The zero-order valence-electron chi connectivity index (χ0n) is 33.8. The molecule has 1 heterocycles. The van der Waals surface area contributed by atoms with Crippen LogP contribution in [0.3, 0.4) is 0 Å². The molecule has 2 aromatic rings. The minimum atomic E-state index is -1.88. The quantitative estimate of drug-likeness (QED) is 0.0257. The van der Waals surface area contributed by atoms with Crippen LogP contribution in [0, 0.1) is 5.41 Å². The van der Waals surface area contributed by atoms with Gasteiger partial charge in [0.1, 0.15) is 30.5 Å². The molecule has 0 radical (unpaired) electrons. The number of unbranched alkanes of at least 4 members (excludes halogenated alkanes) is 1. The topological polar surface area (TPSA) is 383 Å². The molecule has 0 bridgehead atoms. The van der Waals surface area contributed by atoms with Crippen LogP contribution < -0.4 is 33.2 Å². The minimum absolute atomic E-state index is 0.112. The van der Waals surface area contributed by atoms with Crippen LogP contribution in [0.15, 0.2) is 12.1 Å². The number of hydrogen-bond acceptors (Lipinski definition) is 18. The maximum atomic E-state index is 12.6. The summed E-state index contributed by atoms with van der Waals surface area (Å²) in [6.07, 6.45) is -6.86. The second kappa shape index (κ2) is 24.6. The van der Waals surface area contributed by atoms with Crippen molar-refractivity contribution in [1.82, 2.24) is 30.8 Å². The molecular formula is C38H63ClN10O11. The molecule has 1 aromatic carbocycles. The van der Waals surface area contributed by atoms with Gasteiger partial charge in [0.05, 0.1) is 31.0 Å². The van der Waals surface area contributed by atoms with Gasteiger partial charge in [-0.3, -0.25) is 25.2 Å². The number of nitrogens with one attached hydrogen (secondary N) is 4. The molecule has 0 unspecified atom stereocenters. The molecule has 0 saturated carbocycles. The Bertz CT molecular complexity index is 1710. The number of aromatic nitrogens is 2. The van der Waals surface area contributed by atoms with Gasteiger partial charge >= 0.3 is 0 Å². The summed E-state index contributed by atoms with van der Waals surface area (Å²) in [6.45, 7) is 0.445. The largest absolute Gasteiger partial charge is 0.394 e. The number of benzene rings is 1. The van der Waals surface area contributed by atoms with Gasteiger partial charge in [-0.15, -0.1) is 0 Å². The van der Waals surface area contributed by atoms with Crippen molar-refractivity contribution in [2.75, 3.05) is 50.8 Å². The summed E-state index contributed by atoms with van der Waals surface area (Å²) in [6, 6.07) is 3.34. The number of aryl methyl sites for hydroxylation is 1. The number of primary amides is 1. The summed E-state index contributed by atoms with van der Waals surface area (Å²) < 4.78 is 0. The smallest absolute Gasteiger partial charge is 0.280 e. The number of nitrogens with zero attached hydrogens (tertiary/aromatic N) is 3. The molecule has 19 N–H and O–H groups in total. The van der Waals surface area contributed by atoms with Gasteiger partial charge in [-0.1, -0.05) is 23.7 Å². The molecule has 21 nitrogen and oxygen atoms in total. The van der Waals surface area contributed by atoms with Crippen LogP contribution in [0.2, 0.25) is 5.15 Å². The first-order valence-electron chi connectivity index (χ1n) is 20.0. The summed E-state index contributed by atoms with van der Waals surface area (Å²) in [5, 5.41) is 107. The number of guanidine groups is 1. The Morgan fingerprint density at radius 2 is 1.42 bits per heavy atom. The molecular weight excluding hydrogens is 808 g/mol. The number of carbonyl (C=O) groups is 2. The van der Waals surface area contributed by atoms with E-state index < -0.39 is 73.3 Å². The average Bonchev–Trinajstić information content (AvgIpc) is 3.21. The van der Waals surface area contributed by atoms with Crippen LogP contribution in [-0.2, 0) is 30.5 Å². The fourth-order valence-electron chi connectivity index (χ4n) is 7.07. The van der Waals surface area contributed by atoms with E-state index in [0.717, 1.165) is 44.1 Å². The first kappa shape index (κ1) is 50.5. The maximum Gasteiger partial charge on any atom is 0.280 e. The van der Waals surface area contributed by atoms with Crippen molar-refractivity contribution in [3.8, 4) is 0 Å². The highest BCUT2D eigenvalue weighted by Crippen LogP contribution is 2.30. The molecule has 0 fully saturated rings. The lowest BCUT2D eigenvalue weighted by atomic mass is 9.82. The van der Waals surface area contributed by atoms with Crippen LogP contribution in [0.4, 0.5) is 11.6 Å². The number of aliphatic hydroxyl groups is 9. The highest BCUT2D eigenvalue weighted by atomic mass is 35.5. The first-order chi connectivity index (χ1) is 28.4. The van der Waals surface area contributed by atoms with Gasteiger partial charge in [-0.2, -0.15) is 0 Å². The van der Waals surface area contributed by atoms with Crippen molar-refractivity contribution in [3.05, 3.63) is 45.2 Å². The first-order valence-corrected chi connectivity index (χ1v) is 20.4. The molecule has 0 spiro atoms. The Hall–Kier alpha value is -3.84. The Morgan fingerprint density at radius 3 is 2.02 bits per heavy atom. The molecule has 0 aliphatic heterocycles. The summed E-state index contributed by atoms with van der Waals surface area (Å²) in [5.41, 5.74) is 21.5. The van der Waals surface area contributed by atoms with Gasteiger partial charge in [-0.05, 0) is 100 Å². The number of fused-ring (bicyclic) bond motifs is 1. The third kappa shape index (κ3) is 15.0. The normalized spacial score (nSPS) is 17.4. The lowest BCUT2D eigenvalue weighted by Crippen LogP contribution is -2.53. The number of nitrogen functional groups attached to an aromatic ring is 2. The SMILES string of the molecule is C[C@@H](O)[C@@H](O)[C@H](O)[C@@H](O)CN(CCCN[C@@H](Cc1ccc(CCCCNC(=N)NC(=O)c2nc(Cl)c(N)nc2N)c2c1CCCC2)C(N)=O)C[C@H](O)[C@@H](O)[C@H](O)[C@H](O)CO. The summed E-state index contributed by atoms with van der Waals surface area (Å²) in [5.74, 6) is -1.88. The highest BCUT2D eigenvalue weighted by Gasteiger charge is 2.34. The van der Waals surface area contributed by atoms with Crippen molar-refractivity contribution in [2.24, 2.45) is 5.73 Å². The molecule has 338 valence electrons. The van der Waals surface area contributed by atoms with Gasteiger partial charge in [0.15, 0.2) is 28.4 Å². The zero-order valence-corrected chi connectivity index (χ0v) is 34.5. The standard InChI is InChI=1S/C38H63ClN10O11/c1-19(51)29(55)30(56)25(52)16-49(17-26(53)31(57)32(58)27(54)18-50)14-6-13-44-24(36(42)59)15-21-11-10-20(22-8-2-3-9-23(21)22)7-4-5-12-45-38(43)48-37(60)28-34(40)47-35(41)33(39)46-28/h10-11,19,24-27,29-32,44,50-58H,2-9,12-18H2,1H3,(H2,42,59)(H4,40,41,47)(H3,43,45,48,60)/t19-,24+,25+,26+,27-,29-,30-,31-,32-/m1/s1. The number of rotatable bonds is 25. The third-order valence-corrected chi connectivity index (χ3v) is 10.8. The number of nitrogens with two attached hydrogens (primary N) is 3. The monoisotopic (exact) mass is 870 g/mol. The van der Waals surface area contributed by atoms with E-state index in [1.807, 2.05) is 6.07 Å². The number of carbonyl (C=O) groups excluding carboxylic acids is 2. The van der Waals surface area contributed by atoms with E-state index in [1.165, 1.54) is 28.5 Å². The van der Waals surface area contributed by atoms with Crippen molar-refractivity contribution in [2.45, 2.75) is 120 Å². The van der Waals surface area contributed by atoms with Crippen molar-refractivity contribution < 1.29 is 55.5 Å². The lowest BCUT2D eigenvalue weighted by molar-refractivity contribution is -0.126. The van der Waals surface area contributed by atoms with Gasteiger partial charge in [0, 0.05) is 19.6 Å². The van der Waals surface area contributed by atoms with Gasteiger partial charge in [0.25, 0.3) is 5.91 Å². The molecule has 22 heteroatoms. The maximum absolute atomic E-state index is 12.6. The molecule has 1 aliphatic rings. The van der Waals surface area contributed by atoms with E-state index in [-0.39, 0.29) is 54.6 Å². The molecule has 60 heavy (non-hydrogen) atoms. The second-order valence-electron chi connectivity index (χ2n) is 15.2. The minimum Gasteiger partial charge on any atom is -0.394 e. The Morgan fingerprint density at radius 1 is 0.833 bits per heavy atom. The van der Waals surface area contributed by atoms with Gasteiger partial charge in [0.2, 0.25) is 5.91 Å². The fourth-order valence-corrected chi connectivity index (χ4v) is 7.20. The summed E-state index contributed by atoms with van der Waals surface area (Å²) >= 11 is 5.85. The summed E-state index contributed by atoms with van der Waals surface area (Å²) in [7, 11) is 0. The van der Waals surface area contributed by atoms with E-state index in [4.69, 9.17) is 39.3 Å². The van der Waals surface area contributed by atoms with E-state index >= 15 is 0 Å². The van der Waals surface area contributed by atoms with Crippen molar-refractivity contribution in [3.63, 3.8) is 0 Å². The molecule has 1 aliphatic carbocycles. The fraction of sp³-hybridized carbons (Fsp3) is 0.658. The number of anilines is 2. The number of amides is 2. The second-order valence-corrected chi connectivity index (χ2v) is 15.6. The van der Waals surface area contributed by atoms with Crippen LogP contribution in [0.25, 0.3) is 0 Å².